The average molecular weight is 148 g/mol. The normalized spacial score (nSPS) is 10.1. The van der Waals surface area contributed by atoms with Crippen LogP contribution in [-0.4, -0.2) is 16.0 Å². The number of unbranched alkanes of at least 4 members (excludes halogenated alkanes) is 3. The van der Waals surface area contributed by atoms with Crippen molar-refractivity contribution in [1.29, 1.82) is 0 Å². The Balaban J connectivity index is 2.53. The summed E-state index contributed by atoms with van der Waals surface area (Å²) in [6, 6.07) is 1.48. The lowest BCUT2D eigenvalue weighted by Crippen LogP contribution is -1.77. The minimum absolute atomic E-state index is 1.07. The summed E-state index contributed by atoms with van der Waals surface area (Å²) in [5.41, 5.74) is 0. The van der Waals surface area contributed by atoms with E-state index < -0.39 is 0 Å². The van der Waals surface area contributed by atoms with Gasteiger partial charge in [0.05, 0.1) is 0 Å². The average Bonchev–Trinajstić information content (AvgIpc) is 1.81. The predicted molar refractivity (Wildman–Crippen MR) is 47.1 cm³/mol. The maximum Gasteiger partial charge on any atom is 0.00279 e. The summed E-state index contributed by atoms with van der Waals surface area (Å²) in [4.78, 5) is 0. The van der Waals surface area contributed by atoms with Crippen molar-refractivity contribution < 1.29 is 0 Å². The van der Waals surface area contributed by atoms with E-state index >= 15 is 0 Å². The highest BCUT2D eigenvalue weighted by Gasteiger charge is 1.83. The zero-order valence-electron chi connectivity index (χ0n) is 5.69. The lowest BCUT2D eigenvalue weighted by Gasteiger charge is -1.93. The fraction of sp³-hybridized carbons (Fsp3) is 1.00. The Hall–Kier alpha value is 0.567. The predicted octanol–water partition coefficient (Wildman–Crippen LogP) is 1.26. The smallest absolute Gasteiger partial charge is 0.00279 e. The van der Waals surface area contributed by atoms with Crippen molar-refractivity contribution in [2.24, 2.45) is 0 Å². The monoisotopic (exact) mass is 148 g/mol. The Labute approximate surface area is 60.9 Å². The Morgan fingerprint density at radius 2 is 1.62 bits per heavy atom. The standard InChI is InChI=1S/C6H16SSi/c7-5-3-1-2-4-6-8/h7H,1-6H2,8H3. The summed E-state index contributed by atoms with van der Waals surface area (Å²) in [6.07, 6.45) is 5.60. The van der Waals surface area contributed by atoms with Gasteiger partial charge in [-0.2, -0.15) is 12.6 Å². The van der Waals surface area contributed by atoms with Crippen molar-refractivity contribution in [1.82, 2.24) is 0 Å². The SMILES string of the molecule is [SiH3]CCCCCCS. The van der Waals surface area contributed by atoms with E-state index in [2.05, 4.69) is 12.6 Å². The van der Waals surface area contributed by atoms with E-state index in [-0.39, 0.29) is 0 Å². The van der Waals surface area contributed by atoms with Crippen molar-refractivity contribution in [3.8, 4) is 0 Å². The van der Waals surface area contributed by atoms with Gasteiger partial charge in [-0.15, -0.1) is 0 Å². The molecule has 0 aromatic carbocycles. The molecule has 0 fully saturated rings. The van der Waals surface area contributed by atoms with Crippen LogP contribution in [0.4, 0.5) is 0 Å². The van der Waals surface area contributed by atoms with Crippen LogP contribution < -0.4 is 0 Å². The van der Waals surface area contributed by atoms with Gasteiger partial charge in [0.25, 0.3) is 0 Å². The van der Waals surface area contributed by atoms with E-state index in [0.717, 1.165) is 5.75 Å². The van der Waals surface area contributed by atoms with Gasteiger partial charge in [-0.1, -0.05) is 25.3 Å². The van der Waals surface area contributed by atoms with Crippen LogP contribution in [0.5, 0.6) is 0 Å². The molecule has 2 heteroatoms. The molecule has 0 radical (unpaired) electrons. The first kappa shape index (κ1) is 8.57. The number of rotatable bonds is 5. The molecule has 0 aliphatic carbocycles. The molecule has 0 aliphatic rings. The summed E-state index contributed by atoms with van der Waals surface area (Å²) in [6.45, 7) is 0. The van der Waals surface area contributed by atoms with Crippen molar-refractivity contribution in [3.63, 3.8) is 0 Å². The fourth-order valence-electron chi connectivity index (χ4n) is 0.715. The third kappa shape index (κ3) is 6.57. The van der Waals surface area contributed by atoms with Crippen molar-refractivity contribution >= 4 is 22.9 Å². The zero-order chi connectivity index (χ0) is 6.24. The van der Waals surface area contributed by atoms with Crippen molar-refractivity contribution in [2.45, 2.75) is 31.7 Å². The van der Waals surface area contributed by atoms with E-state index in [1.54, 1.807) is 0 Å². The third-order valence-corrected chi connectivity index (χ3v) is 2.29. The molecule has 0 bridgehead atoms. The lowest BCUT2D eigenvalue weighted by atomic mass is 10.2. The van der Waals surface area contributed by atoms with Crippen LogP contribution in [0.1, 0.15) is 25.7 Å². The van der Waals surface area contributed by atoms with Crippen LogP contribution in [0.3, 0.4) is 0 Å². The molecule has 8 heavy (non-hydrogen) atoms. The molecule has 0 aromatic rings. The molecular formula is C6H16SSi. The van der Waals surface area contributed by atoms with Crippen LogP contribution in [0.2, 0.25) is 6.04 Å². The van der Waals surface area contributed by atoms with Gasteiger partial charge in [0.1, 0.15) is 0 Å². The summed E-state index contributed by atoms with van der Waals surface area (Å²) < 4.78 is 0. The minimum Gasteiger partial charge on any atom is -0.179 e. The van der Waals surface area contributed by atoms with Gasteiger partial charge in [-0.25, -0.2) is 0 Å². The summed E-state index contributed by atoms with van der Waals surface area (Å²) in [5.74, 6) is 1.07. The molecule has 50 valence electrons. The molecule has 0 saturated carbocycles. The first-order valence-electron chi connectivity index (χ1n) is 3.52. The molecule has 0 unspecified atom stereocenters. The van der Waals surface area contributed by atoms with Crippen LogP contribution >= 0.6 is 12.6 Å². The van der Waals surface area contributed by atoms with Gasteiger partial charge in [0.2, 0.25) is 0 Å². The first-order valence-corrected chi connectivity index (χ1v) is 5.57. The van der Waals surface area contributed by atoms with E-state index in [1.807, 2.05) is 0 Å². The lowest BCUT2D eigenvalue weighted by molar-refractivity contribution is 0.707. The van der Waals surface area contributed by atoms with Gasteiger partial charge in [-0.3, -0.25) is 0 Å². The van der Waals surface area contributed by atoms with Gasteiger partial charge in [-0.05, 0) is 12.2 Å². The highest BCUT2D eigenvalue weighted by atomic mass is 32.1. The van der Waals surface area contributed by atoms with Crippen LogP contribution in [0.25, 0.3) is 0 Å². The number of hydrogen-bond donors (Lipinski definition) is 1. The quantitative estimate of drug-likeness (QED) is 0.339. The Kier molecular flexibility index (Phi) is 8.10. The molecule has 0 nitrogen and oxygen atoms in total. The largest absolute Gasteiger partial charge is 0.179 e. The van der Waals surface area contributed by atoms with Crippen molar-refractivity contribution in [2.75, 3.05) is 5.75 Å². The van der Waals surface area contributed by atoms with Crippen LogP contribution in [0, 0.1) is 0 Å². The molecule has 0 saturated heterocycles. The summed E-state index contributed by atoms with van der Waals surface area (Å²) in [7, 11) is 1.39. The maximum atomic E-state index is 4.13. The third-order valence-electron chi connectivity index (χ3n) is 1.26. The van der Waals surface area contributed by atoms with E-state index in [4.69, 9.17) is 0 Å². The van der Waals surface area contributed by atoms with Gasteiger partial charge >= 0.3 is 0 Å². The molecule has 0 aromatic heterocycles. The van der Waals surface area contributed by atoms with Gasteiger partial charge in [0, 0.05) is 10.2 Å². The molecule has 0 heterocycles. The topological polar surface area (TPSA) is 0 Å². The highest BCUT2D eigenvalue weighted by Crippen LogP contribution is 2.01. The van der Waals surface area contributed by atoms with Gasteiger partial charge < -0.3 is 0 Å². The molecule has 0 N–H and O–H groups in total. The molecule has 0 atom stereocenters. The van der Waals surface area contributed by atoms with E-state index in [0.29, 0.717) is 0 Å². The molecule has 0 aliphatic heterocycles. The Morgan fingerprint density at radius 3 is 2.12 bits per heavy atom. The first-order chi connectivity index (χ1) is 3.91. The Morgan fingerprint density at radius 1 is 1.00 bits per heavy atom. The summed E-state index contributed by atoms with van der Waals surface area (Å²) >= 11 is 4.13. The van der Waals surface area contributed by atoms with E-state index in [1.165, 1.54) is 42.0 Å². The van der Waals surface area contributed by atoms with Crippen molar-refractivity contribution in [3.05, 3.63) is 0 Å². The molecule has 0 amide bonds. The molecule has 0 spiro atoms. The second kappa shape index (κ2) is 7.57. The van der Waals surface area contributed by atoms with E-state index in [9.17, 15) is 0 Å². The highest BCUT2D eigenvalue weighted by molar-refractivity contribution is 7.80. The Bertz CT molecular complexity index is 33.5. The number of thiol groups is 1. The molecule has 0 rings (SSSR count). The van der Waals surface area contributed by atoms with Gasteiger partial charge in [0.15, 0.2) is 0 Å². The van der Waals surface area contributed by atoms with Crippen LogP contribution in [-0.2, 0) is 0 Å². The summed E-state index contributed by atoms with van der Waals surface area (Å²) in [5, 5.41) is 0. The second-order valence-electron chi connectivity index (χ2n) is 2.14. The maximum absolute atomic E-state index is 4.13. The fourth-order valence-corrected chi connectivity index (χ4v) is 1.44. The molecular weight excluding hydrogens is 132 g/mol. The van der Waals surface area contributed by atoms with Crippen LogP contribution in [0.15, 0.2) is 0 Å². The zero-order valence-corrected chi connectivity index (χ0v) is 8.58. The second-order valence-corrected chi connectivity index (χ2v) is 3.59. The number of hydrogen-bond acceptors (Lipinski definition) is 1. The minimum atomic E-state index is 1.07.